The van der Waals surface area contributed by atoms with E-state index < -0.39 is 0 Å². The molecule has 2 rings (SSSR count). The van der Waals surface area contributed by atoms with Crippen molar-refractivity contribution in [1.82, 2.24) is 5.32 Å². The van der Waals surface area contributed by atoms with Crippen molar-refractivity contribution < 1.29 is 0 Å². The summed E-state index contributed by atoms with van der Waals surface area (Å²) in [6.07, 6.45) is 1.13. The zero-order valence-corrected chi connectivity index (χ0v) is 13.0. The molecule has 0 aliphatic heterocycles. The van der Waals surface area contributed by atoms with Crippen molar-refractivity contribution in [3.05, 3.63) is 70.8 Å². The van der Waals surface area contributed by atoms with Crippen molar-refractivity contribution in [1.29, 1.82) is 0 Å². The molecule has 106 valence electrons. The van der Waals surface area contributed by atoms with Gasteiger partial charge in [0, 0.05) is 12.0 Å². The van der Waals surface area contributed by atoms with Gasteiger partial charge in [-0.15, -0.1) is 0 Å². The number of nitrogens with one attached hydrogen (secondary N) is 1. The Hall–Kier alpha value is -1.60. The molecule has 0 aliphatic carbocycles. The maximum atomic E-state index is 3.53. The number of hydrogen-bond donors (Lipinski definition) is 1. The van der Waals surface area contributed by atoms with Crippen molar-refractivity contribution in [3.63, 3.8) is 0 Å². The molecule has 0 bridgehead atoms. The van der Waals surface area contributed by atoms with Crippen molar-refractivity contribution >= 4 is 0 Å². The molecule has 2 aromatic carbocycles. The highest BCUT2D eigenvalue weighted by Crippen LogP contribution is 2.34. The lowest BCUT2D eigenvalue weighted by Crippen LogP contribution is -2.24. The number of rotatable bonds is 5. The highest BCUT2D eigenvalue weighted by Gasteiger charge is 2.23. The summed E-state index contributed by atoms with van der Waals surface area (Å²) in [5, 5.41) is 3.53. The van der Waals surface area contributed by atoms with Crippen LogP contribution in [0.4, 0.5) is 0 Å². The summed E-state index contributed by atoms with van der Waals surface area (Å²) in [6, 6.07) is 18.0. The van der Waals surface area contributed by atoms with Gasteiger partial charge in [0.1, 0.15) is 0 Å². The lowest BCUT2D eigenvalue weighted by Gasteiger charge is -2.28. The summed E-state index contributed by atoms with van der Waals surface area (Å²) in [5.41, 5.74) is 5.52. The monoisotopic (exact) mass is 267 g/mol. The average molecular weight is 267 g/mol. The van der Waals surface area contributed by atoms with Gasteiger partial charge in [0.05, 0.1) is 0 Å². The summed E-state index contributed by atoms with van der Waals surface area (Å²) in [6.45, 7) is 6.63. The predicted molar refractivity (Wildman–Crippen MR) is 87.2 cm³/mol. The first-order chi connectivity index (χ1) is 9.67. The molecule has 0 saturated heterocycles. The Labute approximate surface area is 123 Å². The second-order valence-corrected chi connectivity index (χ2v) is 5.55. The molecule has 1 nitrogen and oxygen atoms in total. The van der Waals surface area contributed by atoms with Crippen LogP contribution < -0.4 is 5.32 Å². The number of likely N-dealkylation sites (N-methyl/N-ethyl adjacent to an activating group) is 1. The van der Waals surface area contributed by atoms with E-state index in [4.69, 9.17) is 0 Å². The van der Waals surface area contributed by atoms with Crippen LogP contribution >= 0.6 is 0 Å². The quantitative estimate of drug-likeness (QED) is 0.823. The molecule has 0 amide bonds. The largest absolute Gasteiger partial charge is 0.312 e. The second-order valence-electron chi connectivity index (χ2n) is 5.55. The summed E-state index contributed by atoms with van der Waals surface area (Å²) in [5.74, 6) is 0.502. The molecule has 0 spiro atoms. The third-order valence-electron chi connectivity index (χ3n) is 4.14. The molecule has 0 fully saturated rings. The molecule has 1 heteroatoms. The average Bonchev–Trinajstić information content (AvgIpc) is 2.46. The minimum atomic E-state index is 0.364. The summed E-state index contributed by atoms with van der Waals surface area (Å²) >= 11 is 0. The van der Waals surface area contributed by atoms with Gasteiger partial charge in [-0.3, -0.25) is 0 Å². The van der Waals surface area contributed by atoms with Gasteiger partial charge in [-0.1, -0.05) is 61.0 Å². The van der Waals surface area contributed by atoms with Crippen LogP contribution in [0, 0.1) is 13.8 Å². The van der Waals surface area contributed by atoms with E-state index in [-0.39, 0.29) is 0 Å². The topological polar surface area (TPSA) is 12.0 Å². The molecule has 2 unspecified atom stereocenters. The molecule has 2 aromatic rings. The van der Waals surface area contributed by atoms with E-state index >= 15 is 0 Å². The second kappa shape index (κ2) is 6.71. The zero-order valence-electron chi connectivity index (χ0n) is 13.0. The van der Waals surface area contributed by atoms with E-state index in [2.05, 4.69) is 81.7 Å². The van der Waals surface area contributed by atoms with Crippen LogP contribution in [-0.2, 0) is 0 Å². The van der Waals surface area contributed by atoms with Crippen LogP contribution in [0.5, 0.6) is 0 Å². The minimum Gasteiger partial charge on any atom is -0.312 e. The Bertz CT molecular complexity index is 545. The van der Waals surface area contributed by atoms with Crippen molar-refractivity contribution in [2.45, 2.75) is 39.2 Å². The maximum Gasteiger partial charge on any atom is 0.0389 e. The SMILES string of the molecule is CCC(c1ccccc1)C(NC)c1ccc(C)cc1C. The van der Waals surface area contributed by atoms with E-state index in [1.807, 2.05) is 0 Å². The fraction of sp³-hybridized carbons (Fsp3) is 0.368. The van der Waals surface area contributed by atoms with Crippen LogP contribution in [0.3, 0.4) is 0 Å². The van der Waals surface area contributed by atoms with Gasteiger partial charge in [-0.2, -0.15) is 0 Å². The first-order valence-corrected chi connectivity index (χ1v) is 7.46. The van der Waals surface area contributed by atoms with Crippen LogP contribution in [0.25, 0.3) is 0 Å². The molecule has 1 N–H and O–H groups in total. The molecule has 0 aliphatic rings. The number of aryl methyl sites for hydroxylation is 2. The first kappa shape index (κ1) is 14.8. The highest BCUT2D eigenvalue weighted by molar-refractivity contribution is 5.36. The Balaban J connectivity index is 2.39. The molecular formula is C19H25N. The summed E-state index contributed by atoms with van der Waals surface area (Å²) < 4.78 is 0. The van der Waals surface area contributed by atoms with Crippen LogP contribution in [-0.4, -0.2) is 7.05 Å². The highest BCUT2D eigenvalue weighted by atomic mass is 14.9. The Morgan fingerprint density at radius 1 is 1.00 bits per heavy atom. The van der Waals surface area contributed by atoms with Crippen molar-refractivity contribution in [2.24, 2.45) is 0 Å². The third kappa shape index (κ3) is 3.10. The van der Waals surface area contributed by atoms with E-state index in [9.17, 15) is 0 Å². The first-order valence-electron chi connectivity index (χ1n) is 7.46. The molecule has 0 saturated carbocycles. The van der Waals surface area contributed by atoms with E-state index in [1.54, 1.807) is 0 Å². The van der Waals surface area contributed by atoms with Gasteiger partial charge >= 0.3 is 0 Å². The van der Waals surface area contributed by atoms with E-state index in [1.165, 1.54) is 22.3 Å². The van der Waals surface area contributed by atoms with Crippen molar-refractivity contribution in [2.75, 3.05) is 7.05 Å². The molecule has 0 radical (unpaired) electrons. The lowest BCUT2D eigenvalue weighted by atomic mass is 9.83. The Morgan fingerprint density at radius 3 is 2.25 bits per heavy atom. The standard InChI is InChI=1S/C19H25N/c1-5-17(16-9-7-6-8-10-16)19(20-4)18-12-11-14(2)13-15(18)3/h6-13,17,19-20H,5H2,1-4H3. The van der Waals surface area contributed by atoms with E-state index in [0.29, 0.717) is 12.0 Å². The number of hydrogen-bond acceptors (Lipinski definition) is 1. The van der Waals surface area contributed by atoms with Crippen LogP contribution in [0.1, 0.15) is 47.6 Å². The summed E-state index contributed by atoms with van der Waals surface area (Å²) in [7, 11) is 2.07. The van der Waals surface area contributed by atoms with Gasteiger partial charge in [-0.05, 0) is 44.0 Å². The normalized spacial score (nSPS) is 14.0. The van der Waals surface area contributed by atoms with E-state index in [0.717, 1.165) is 6.42 Å². The van der Waals surface area contributed by atoms with Crippen molar-refractivity contribution in [3.8, 4) is 0 Å². The minimum absolute atomic E-state index is 0.364. The lowest BCUT2D eigenvalue weighted by molar-refractivity contribution is 0.466. The van der Waals surface area contributed by atoms with Gasteiger partial charge in [0.2, 0.25) is 0 Å². The third-order valence-corrected chi connectivity index (χ3v) is 4.14. The summed E-state index contributed by atoms with van der Waals surface area (Å²) in [4.78, 5) is 0. The maximum absolute atomic E-state index is 3.53. The Kier molecular flexibility index (Phi) is 4.97. The van der Waals surface area contributed by atoms with Gasteiger partial charge < -0.3 is 5.32 Å². The zero-order chi connectivity index (χ0) is 14.5. The molecule has 2 atom stereocenters. The fourth-order valence-electron chi connectivity index (χ4n) is 3.11. The Morgan fingerprint density at radius 2 is 1.70 bits per heavy atom. The molecule has 0 aromatic heterocycles. The molecule has 20 heavy (non-hydrogen) atoms. The smallest absolute Gasteiger partial charge is 0.0389 e. The van der Waals surface area contributed by atoms with Crippen LogP contribution in [0.2, 0.25) is 0 Å². The predicted octanol–water partition coefficient (Wildman–Crippen LogP) is 4.76. The molecular weight excluding hydrogens is 242 g/mol. The molecule has 0 heterocycles. The number of benzene rings is 2. The van der Waals surface area contributed by atoms with Gasteiger partial charge in [0.25, 0.3) is 0 Å². The van der Waals surface area contributed by atoms with Gasteiger partial charge in [0.15, 0.2) is 0 Å². The van der Waals surface area contributed by atoms with Crippen LogP contribution in [0.15, 0.2) is 48.5 Å². The fourth-order valence-corrected chi connectivity index (χ4v) is 3.11. The van der Waals surface area contributed by atoms with Gasteiger partial charge in [-0.25, -0.2) is 0 Å².